The van der Waals surface area contributed by atoms with Gasteiger partial charge in [0.15, 0.2) is 0 Å². The Bertz CT molecular complexity index is 563. The number of benzene rings is 2. The molecule has 3 rings (SSSR count). The summed E-state index contributed by atoms with van der Waals surface area (Å²) >= 11 is 11.9. The lowest BCUT2D eigenvalue weighted by atomic mass is 9.90. The summed E-state index contributed by atoms with van der Waals surface area (Å²) in [4.78, 5) is 0. The molecule has 0 saturated carbocycles. The number of halogens is 2. The van der Waals surface area contributed by atoms with Gasteiger partial charge in [-0.2, -0.15) is 0 Å². The molecule has 2 aromatic rings. The zero-order chi connectivity index (χ0) is 12.5. The number of rotatable bonds is 1. The third-order valence-electron chi connectivity index (χ3n) is 3.27. The summed E-state index contributed by atoms with van der Waals surface area (Å²) in [5.41, 5.74) is 2.43. The highest BCUT2D eigenvalue weighted by atomic mass is 35.5. The summed E-state index contributed by atoms with van der Waals surface area (Å²) in [6.07, 6.45) is 0.956. The van der Waals surface area contributed by atoms with Crippen LogP contribution < -0.4 is 4.74 Å². The molecule has 0 spiro atoms. The van der Waals surface area contributed by atoms with E-state index >= 15 is 0 Å². The Labute approximate surface area is 116 Å². The number of hydrogen-bond acceptors (Lipinski definition) is 1. The zero-order valence-corrected chi connectivity index (χ0v) is 11.2. The van der Waals surface area contributed by atoms with Crippen LogP contribution in [-0.2, 0) is 6.42 Å². The SMILES string of the molecule is Clc1ccc([C@@H]2COc3ccc(Cl)cc3C2)cc1. The van der Waals surface area contributed by atoms with Crippen LogP contribution in [0.15, 0.2) is 42.5 Å². The number of ether oxygens (including phenoxy) is 1. The van der Waals surface area contributed by atoms with Crippen molar-refractivity contribution in [1.29, 1.82) is 0 Å². The summed E-state index contributed by atoms with van der Waals surface area (Å²) in [7, 11) is 0. The Kier molecular flexibility index (Phi) is 3.19. The fraction of sp³-hybridized carbons (Fsp3) is 0.200. The van der Waals surface area contributed by atoms with E-state index in [4.69, 9.17) is 27.9 Å². The molecule has 1 aliphatic rings. The van der Waals surface area contributed by atoms with Gasteiger partial charge in [0, 0.05) is 16.0 Å². The highest BCUT2D eigenvalue weighted by molar-refractivity contribution is 6.30. The maximum atomic E-state index is 6.02. The number of fused-ring (bicyclic) bond motifs is 1. The quantitative estimate of drug-likeness (QED) is 0.734. The van der Waals surface area contributed by atoms with Crippen LogP contribution in [0.5, 0.6) is 5.75 Å². The standard InChI is InChI=1S/C15H12Cl2O/c16-13-3-1-10(2-4-13)12-7-11-8-14(17)5-6-15(11)18-9-12/h1-6,8,12H,7,9H2/t12-/m0/s1. The molecule has 0 unspecified atom stereocenters. The topological polar surface area (TPSA) is 9.23 Å². The molecule has 0 fully saturated rings. The van der Waals surface area contributed by atoms with E-state index in [1.807, 2.05) is 30.3 Å². The fourth-order valence-electron chi connectivity index (χ4n) is 2.31. The first-order valence-corrected chi connectivity index (χ1v) is 6.64. The molecule has 0 amide bonds. The highest BCUT2D eigenvalue weighted by Gasteiger charge is 2.21. The second-order valence-corrected chi connectivity index (χ2v) is 5.39. The first-order valence-electron chi connectivity index (χ1n) is 5.89. The Balaban J connectivity index is 1.88. The predicted molar refractivity (Wildman–Crippen MR) is 74.8 cm³/mol. The molecule has 0 aromatic heterocycles. The number of hydrogen-bond donors (Lipinski definition) is 0. The molecule has 0 radical (unpaired) electrons. The normalized spacial score (nSPS) is 18.0. The summed E-state index contributed by atoms with van der Waals surface area (Å²) in [5, 5.41) is 1.52. The monoisotopic (exact) mass is 278 g/mol. The van der Waals surface area contributed by atoms with E-state index in [-0.39, 0.29) is 0 Å². The van der Waals surface area contributed by atoms with Crippen LogP contribution in [0.4, 0.5) is 0 Å². The highest BCUT2D eigenvalue weighted by Crippen LogP contribution is 2.34. The van der Waals surface area contributed by atoms with Crippen molar-refractivity contribution in [3.8, 4) is 5.75 Å². The summed E-state index contributed by atoms with van der Waals surface area (Å²) in [6, 6.07) is 13.8. The molecule has 1 atom stereocenters. The van der Waals surface area contributed by atoms with Crippen LogP contribution in [0.2, 0.25) is 10.0 Å². The van der Waals surface area contributed by atoms with Gasteiger partial charge in [-0.25, -0.2) is 0 Å². The van der Waals surface area contributed by atoms with E-state index in [0.29, 0.717) is 12.5 Å². The van der Waals surface area contributed by atoms with Crippen molar-refractivity contribution in [3.05, 3.63) is 63.6 Å². The van der Waals surface area contributed by atoms with Gasteiger partial charge >= 0.3 is 0 Å². The van der Waals surface area contributed by atoms with E-state index in [9.17, 15) is 0 Å². The predicted octanol–water partition coefficient (Wildman–Crippen LogP) is 4.71. The second kappa shape index (κ2) is 4.83. The first kappa shape index (κ1) is 11.9. The van der Waals surface area contributed by atoms with Crippen LogP contribution in [0.3, 0.4) is 0 Å². The third-order valence-corrected chi connectivity index (χ3v) is 3.76. The average Bonchev–Trinajstić information content (AvgIpc) is 2.38. The van der Waals surface area contributed by atoms with Crippen LogP contribution in [-0.4, -0.2) is 6.61 Å². The van der Waals surface area contributed by atoms with Crippen LogP contribution in [0.25, 0.3) is 0 Å². The van der Waals surface area contributed by atoms with Gasteiger partial charge < -0.3 is 4.74 Å². The Morgan fingerprint density at radius 1 is 0.944 bits per heavy atom. The van der Waals surface area contributed by atoms with Crippen LogP contribution in [0, 0.1) is 0 Å². The molecule has 1 nitrogen and oxygen atoms in total. The molecule has 0 aliphatic carbocycles. The molecule has 1 heterocycles. The second-order valence-electron chi connectivity index (χ2n) is 4.52. The molecule has 2 aromatic carbocycles. The van der Waals surface area contributed by atoms with Crippen molar-refractivity contribution in [3.63, 3.8) is 0 Å². The Hall–Kier alpha value is -1.18. The van der Waals surface area contributed by atoms with Gasteiger partial charge in [0.2, 0.25) is 0 Å². The average molecular weight is 279 g/mol. The molecule has 0 N–H and O–H groups in total. The zero-order valence-electron chi connectivity index (χ0n) is 9.70. The third kappa shape index (κ3) is 2.33. The molecule has 0 bridgehead atoms. The van der Waals surface area contributed by atoms with Gasteiger partial charge in [0.05, 0.1) is 6.61 Å². The lowest BCUT2D eigenvalue weighted by Gasteiger charge is -2.25. The van der Waals surface area contributed by atoms with Crippen molar-refractivity contribution >= 4 is 23.2 Å². The van der Waals surface area contributed by atoms with E-state index in [0.717, 1.165) is 22.2 Å². The van der Waals surface area contributed by atoms with E-state index in [1.165, 1.54) is 11.1 Å². The summed E-state index contributed by atoms with van der Waals surface area (Å²) in [5.74, 6) is 1.32. The molecule has 3 heteroatoms. The van der Waals surface area contributed by atoms with E-state index in [1.54, 1.807) is 0 Å². The maximum Gasteiger partial charge on any atom is 0.122 e. The van der Waals surface area contributed by atoms with E-state index in [2.05, 4.69) is 12.1 Å². The van der Waals surface area contributed by atoms with Gasteiger partial charge in [0.1, 0.15) is 5.75 Å². The Morgan fingerprint density at radius 3 is 2.44 bits per heavy atom. The van der Waals surface area contributed by atoms with Crippen molar-refractivity contribution in [2.75, 3.05) is 6.61 Å². The van der Waals surface area contributed by atoms with Gasteiger partial charge in [-0.15, -0.1) is 0 Å². The lowest BCUT2D eigenvalue weighted by Crippen LogP contribution is -2.19. The van der Waals surface area contributed by atoms with Crippen LogP contribution >= 0.6 is 23.2 Å². The maximum absolute atomic E-state index is 6.02. The van der Waals surface area contributed by atoms with Crippen molar-refractivity contribution < 1.29 is 4.74 Å². The minimum atomic E-state index is 0.369. The van der Waals surface area contributed by atoms with Gasteiger partial charge in [-0.05, 0) is 47.9 Å². The Morgan fingerprint density at radius 2 is 1.67 bits per heavy atom. The molecule has 18 heavy (non-hydrogen) atoms. The van der Waals surface area contributed by atoms with E-state index < -0.39 is 0 Å². The molecule has 92 valence electrons. The smallest absolute Gasteiger partial charge is 0.122 e. The summed E-state index contributed by atoms with van der Waals surface area (Å²) < 4.78 is 5.78. The minimum absolute atomic E-state index is 0.369. The molecular weight excluding hydrogens is 267 g/mol. The minimum Gasteiger partial charge on any atom is -0.493 e. The molecule has 0 saturated heterocycles. The van der Waals surface area contributed by atoms with Crippen molar-refractivity contribution in [2.24, 2.45) is 0 Å². The lowest BCUT2D eigenvalue weighted by molar-refractivity contribution is 0.262. The molecule has 1 aliphatic heterocycles. The largest absolute Gasteiger partial charge is 0.493 e. The van der Waals surface area contributed by atoms with Gasteiger partial charge in [0.25, 0.3) is 0 Å². The van der Waals surface area contributed by atoms with Gasteiger partial charge in [-0.1, -0.05) is 35.3 Å². The van der Waals surface area contributed by atoms with Crippen molar-refractivity contribution in [1.82, 2.24) is 0 Å². The van der Waals surface area contributed by atoms with Gasteiger partial charge in [-0.3, -0.25) is 0 Å². The van der Waals surface area contributed by atoms with Crippen molar-refractivity contribution in [2.45, 2.75) is 12.3 Å². The fourth-order valence-corrected chi connectivity index (χ4v) is 2.63. The summed E-state index contributed by atoms with van der Waals surface area (Å²) in [6.45, 7) is 0.705. The molecular formula is C15H12Cl2O. The van der Waals surface area contributed by atoms with Crippen LogP contribution in [0.1, 0.15) is 17.0 Å². The first-order chi connectivity index (χ1) is 8.72.